The van der Waals surface area contributed by atoms with Crippen molar-refractivity contribution in [3.63, 3.8) is 0 Å². The predicted octanol–water partition coefficient (Wildman–Crippen LogP) is 1.24. The third-order valence-electron chi connectivity index (χ3n) is 11.2. The summed E-state index contributed by atoms with van der Waals surface area (Å²) < 4.78 is 36.9. The first kappa shape index (κ1) is 24.2. The van der Waals surface area contributed by atoms with Gasteiger partial charge >= 0.3 is 5.97 Å². The van der Waals surface area contributed by atoms with Crippen molar-refractivity contribution in [3.8, 4) is 0 Å². The molecule has 1 heterocycles. The van der Waals surface area contributed by atoms with E-state index in [2.05, 4.69) is 0 Å². The lowest BCUT2D eigenvalue weighted by atomic mass is 9.44. The van der Waals surface area contributed by atoms with Crippen LogP contribution in [0, 0.1) is 34.5 Å². The highest BCUT2D eigenvalue weighted by Crippen LogP contribution is 2.80. The third-order valence-corrected chi connectivity index (χ3v) is 11.2. The molecule has 0 aromatic rings. The van der Waals surface area contributed by atoms with Gasteiger partial charge < -0.3 is 33.5 Å². The zero-order valence-electron chi connectivity index (χ0n) is 21.6. The predicted molar refractivity (Wildman–Crippen MR) is 124 cm³/mol. The van der Waals surface area contributed by atoms with Crippen molar-refractivity contribution in [3.05, 3.63) is 0 Å². The molecule has 0 aromatic carbocycles. The zero-order valence-corrected chi connectivity index (χ0v) is 21.6. The number of carbonyl (C=O) groups is 1. The van der Waals surface area contributed by atoms with Gasteiger partial charge in [0.25, 0.3) is 0 Å². The molecule has 0 radical (unpaired) electrons. The van der Waals surface area contributed by atoms with E-state index in [0.29, 0.717) is 13.0 Å². The molecule has 0 amide bonds. The highest BCUT2D eigenvalue weighted by Gasteiger charge is 2.91. The zero-order chi connectivity index (χ0) is 25.0. The Hall–Kier alpha value is -1.10. The van der Waals surface area contributed by atoms with Gasteiger partial charge in [-0.1, -0.05) is 0 Å². The summed E-state index contributed by atoms with van der Waals surface area (Å²) in [4.78, 5) is 17.5. The summed E-state index contributed by atoms with van der Waals surface area (Å²) in [5.41, 5.74) is -3.40. The molecule has 196 valence electrons. The number of methoxy groups -OCH3 is 5. The molecule has 6 aliphatic rings. The molecule has 5 saturated carbocycles. The van der Waals surface area contributed by atoms with E-state index < -0.39 is 34.9 Å². The van der Waals surface area contributed by atoms with Crippen LogP contribution in [0.3, 0.4) is 0 Å². The normalized spacial score (nSPS) is 56.8. The summed E-state index contributed by atoms with van der Waals surface area (Å²) in [6.07, 6.45) is 3.69. The Morgan fingerprint density at radius 2 is 1.91 bits per heavy atom. The Balaban J connectivity index is 1.66. The van der Waals surface area contributed by atoms with Gasteiger partial charge in [-0.05, 0) is 25.2 Å². The maximum Gasteiger partial charge on any atom is 0.302 e. The minimum atomic E-state index is -1.46. The number of hydrogen-bond acceptors (Lipinski definition) is 9. The average molecular weight is 494 g/mol. The van der Waals surface area contributed by atoms with Gasteiger partial charge in [0, 0.05) is 83.7 Å². The molecule has 5 aliphatic carbocycles. The highest BCUT2D eigenvalue weighted by molar-refractivity contribution is 5.72. The first-order valence-electron chi connectivity index (χ1n) is 12.8. The van der Waals surface area contributed by atoms with Gasteiger partial charge in [0.05, 0.1) is 31.0 Å². The van der Waals surface area contributed by atoms with E-state index in [1.54, 1.807) is 35.5 Å². The Kier molecular flexibility index (Phi) is 5.34. The van der Waals surface area contributed by atoms with E-state index in [1.165, 1.54) is 6.92 Å². The van der Waals surface area contributed by atoms with Crippen LogP contribution in [0.5, 0.6) is 0 Å². The lowest BCUT2D eigenvalue weighted by molar-refractivity contribution is -0.301. The molecule has 7 bridgehead atoms. The van der Waals surface area contributed by atoms with Crippen molar-refractivity contribution in [2.24, 2.45) is 39.5 Å². The van der Waals surface area contributed by atoms with E-state index in [4.69, 9.17) is 33.4 Å². The molecule has 1 spiro atoms. The SMILES string of the molecule is COC[C@@]12C=N[C@H]3[C@]4([C@@H](OC)CC1)[C@@H]1C[C@@H]5[C@@H](OC)C[C@@](OC)(C1[C@H]5OC(C)=O)[C@@]3(O)[C@@H](OC)[C@H]24. The van der Waals surface area contributed by atoms with Crippen LogP contribution in [0.15, 0.2) is 4.99 Å². The van der Waals surface area contributed by atoms with Crippen LogP contribution in [0.2, 0.25) is 0 Å². The summed E-state index contributed by atoms with van der Waals surface area (Å²) in [5, 5.41) is 13.1. The average Bonchev–Trinajstić information content (AvgIpc) is 3.18. The number of fused-ring (bicyclic) bond motifs is 2. The van der Waals surface area contributed by atoms with Crippen molar-refractivity contribution in [2.45, 2.75) is 74.3 Å². The largest absolute Gasteiger partial charge is 0.462 e. The van der Waals surface area contributed by atoms with E-state index >= 15 is 0 Å². The molecule has 13 atom stereocenters. The molecule has 1 aliphatic heterocycles. The number of ether oxygens (including phenoxy) is 6. The molecule has 0 saturated heterocycles. The van der Waals surface area contributed by atoms with E-state index in [1.807, 2.05) is 6.21 Å². The fraction of sp³-hybridized carbons (Fsp3) is 0.923. The van der Waals surface area contributed by atoms with Crippen molar-refractivity contribution >= 4 is 12.2 Å². The van der Waals surface area contributed by atoms with Gasteiger partial charge in [-0.25, -0.2) is 0 Å². The molecular weight excluding hydrogens is 454 g/mol. The minimum Gasteiger partial charge on any atom is -0.462 e. The van der Waals surface area contributed by atoms with Gasteiger partial charge in [-0.2, -0.15) is 0 Å². The molecule has 9 heteroatoms. The number of aliphatic hydroxyl groups is 1. The lowest BCUT2D eigenvalue weighted by Gasteiger charge is -2.66. The molecule has 0 aromatic heterocycles. The summed E-state index contributed by atoms with van der Waals surface area (Å²) >= 11 is 0. The first-order valence-corrected chi connectivity index (χ1v) is 12.8. The van der Waals surface area contributed by atoms with E-state index in [0.717, 1.165) is 19.3 Å². The molecule has 1 unspecified atom stereocenters. The first-order chi connectivity index (χ1) is 16.8. The monoisotopic (exact) mass is 493 g/mol. The van der Waals surface area contributed by atoms with Crippen molar-refractivity contribution in [1.29, 1.82) is 0 Å². The van der Waals surface area contributed by atoms with Crippen LogP contribution in [0.25, 0.3) is 0 Å². The maximum absolute atomic E-state index is 13.1. The topological polar surface area (TPSA) is 105 Å². The van der Waals surface area contributed by atoms with Crippen molar-refractivity contribution in [2.75, 3.05) is 42.2 Å². The summed E-state index contributed by atoms with van der Waals surface area (Å²) in [6, 6.07) is -0.464. The molecular formula is C26H39NO8. The van der Waals surface area contributed by atoms with Crippen molar-refractivity contribution < 1.29 is 38.3 Å². The number of nitrogens with zero attached hydrogens (tertiary/aromatic N) is 1. The van der Waals surface area contributed by atoms with E-state index in [-0.39, 0.29) is 47.3 Å². The highest BCUT2D eigenvalue weighted by atomic mass is 16.6. The number of aliphatic imine (C=N–C) groups is 1. The fourth-order valence-electron chi connectivity index (χ4n) is 10.6. The second-order valence-corrected chi connectivity index (χ2v) is 11.7. The second kappa shape index (κ2) is 7.71. The number of esters is 1. The molecule has 6 rings (SSSR count). The van der Waals surface area contributed by atoms with Crippen molar-refractivity contribution in [1.82, 2.24) is 0 Å². The Morgan fingerprint density at radius 1 is 1.14 bits per heavy atom. The van der Waals surface area contributed by atoms with Gasteiger partial charge in [0.2, 0.25) is 0 Å². The summed E-state index contributed by atoms with van der Waals surface area (Å²) in [6.45, 7) is 1.95. The minimum absolute atomic E-state index is 0.0152. The molecule has 5 fully saturated rings. The van der Waals surface area contributed by atoms with E-state index in [9.17, 15) is 9.90 Å². The summed E-state index contributed by atoms with van der Waals surface area (Å²) in [7, 11) is 8.51. The molecule has 9 nitrogen and oxygen atoms in total. The fourth-order valence-corrected chi connectivity index (χ4v) is 10.6. The third kappa shape index (κ3) is 2.42. The lowest BCUT2D eigenvalue weighted by Crippen LogP contribution is -2.78. The van der Waals surface area contributed by atoms with Crippen LogP contribution in [-0.2, 0) is 33.2 Å². The van der Waals surface area contributed by atoms with Crippen LogP contribution in [0.1, 0.15) is 32.6 Å². The smallest absolute Gasteiger partial charge is 0.302 e. The van der Waals surface area contributed by atoms with Gasteiger partial charge in [-0.15, -0.1) is 0 Å². The molecule has 1 N–H and O–H groups in total. The number of hydrogen-bond donors (Lipinski definition) is 1. The Labute approximate surface area is 206 Å². The standard InChI is InChI=1S/C26H39NO8/c1-13(28)35-19-14-9-15-18(19)24(34-6,10-16(14)31-3)26(29)21(33-5)20-23(12-30-2)8-7-17(32-4)25(15,20)22(26)27-11-23/h11,14-22,29H,7-10,12H2,1-6H3/t14-,15-,16+,17+,18?,19+,20-,21+,22+,23+,24-,25+,26-/m1/s1. The van der Waals surface area contributed by atoms with Gasteiger partial charge in [-0.3, -0.25) is 9.79 Å². The van der Waals surface area contributed by atoms with Crippen LogP contribution in [-0.4, -0.2) is 101 Å². The Morgan fingerprint density at radius 3 is 2.51 bits per heavy atom. The van der Waals surface area contributed by atoms with Crippen LogP contribution < -0.4 is 0 Å². The van der Waals surface area contributed by atoms with Crippen LogP contribution >= 0.6 is 0 Å². The quantitative estimate of drug-likeness (QED) is 0.529. The number of rotatable bonds is 7. The number of carbonyl (C=O) groups excluding carboxylic acids is 1. The Bertz CT molecular complexity index is 929. The van der Waals surface area contributed by atoms with Gasteiger partial charge in [0.1, 0.15) is 17.3 Å². The summed E-state index contributed by atoms with van der Waals surface area (Å²) in [5.74, 6) is -0.563. The van der Waals surface area contributed by atoms with Gasteiger partial charge in [0.15, 0.2) is 0 Å². The maximum atomic E-state index is 13.1. The van der Waals surface area contributed by atoms with Crippen LogP contribution in [0.4, 0.5) is 0 Å². The molecule has 35 heavy (non-hydrogen) atoms. The second-order valence-electron chi connectivity index (χ2n) is 11.7.